The molecule has 0 unspecified atom stereocenters. The number of hydrogen-bond donors (Lipinski definition) is 1. The van der Waals surface area contributed by atoms with Gasteiger partial charge in [0.15, 0.2) is 11.5 Å². The van der Waals surface area contributed by atoms with Crippen molar-refractivity contribution in [2.75, 3.05) is 33.1 Å². The molecule has 0 spiro atoms. The van der Waals surface area contributed by atoms with Crippen LogP contribution in [0, 0.1) is 0 Å². The van der Waals surface area contributed by atoms with Gasteiger partial charge in [0, 0.05) is 24.7 Å². The number of amides is 1. The number of carbonyl (C=O) groups excluding carboxylic acids is 1. The molecule has 162 valence electrons. The summed E-state index contributed by atoms with van der Waals surface area (Å²) in [5.41, 5.74) is 2.15. The van der Waals surface area contributed by atoms with Crippen LogP contribution in [0.3, 0.4) is 0 Å². The minimum atomic E-state index is -3.56. The number of methoxy groups -OCH3 is 2. The van der Waals surface area contributed by atoms with Gasteiger partial charge in [-0.05, 0) is 47.9 Å². The molecule has 0 aromatic heterocycles. The van der Waals surface area contributed by atoms with Crippen LogP contribution in [0.1, 0.15) is 21.5 Å². The molecule has 0 saturated carbocycles. The third kappa shape index (κ3) is 5.00. The molecule has 1 heterocycles. The zero-order chi connectivity index (χ0) is 21.9. The van der Waals surface area contributed by atoms with Crippen molar-refractivity contribution in [1.29, 1.82) is 0 Å². The monoisotopic (exact) mass is 472 g/mol. The Morgan fingerprint density at radius 3 is 2.40 bits per heavy atom. The maximum Gasteiger partial charge on any atom is 0.252 e. The van der Waals surface area contributed by atoms with Gasteiger partial charge in [-0.3, -0.25) is 4.79 Å². The van der Waals surface area contributed by atoms with E-state index >= 15 is 0 Å². The second kappa shape index (κ2) is 9.43. The van der Waals surface area contributed by atoms with Crippen LogP contribution in [0.5, 0.6) is 11.5 Å². The van der Waals surface area contributed by atoms with E-state index in [1.165, 1.54) is 23.5 Å². The standard InChI is InChI=1S/C20H22Cl2N2O5S/c1-28-18-9-13-5-7-24(12-14(13)10-19(18)29-2)30(26,27)8-6-23-20(25)16-4-3-15(21)11-17(16)22/h3-4,9-11H,5-8,12H2,1-2H3,(H,23,25). The Kier molecular flexibility index (Phi) is 7.13. The van der Waals surface area contributed by atoms with E-state index in [2.05, 4.69) is 5.32 Å². The minimum Gasteiger partial charge on any atom is -0.493 e. The average Bonchev–Trinajstić information content (AvgIpc) is 2.71. The highest BCUT2D eigenvalue weighted by molar-refractivity contribution is 7.89. The Balaban J connectivity index is 1.63. The van der Waals surface area contributed by atoms with Crippen molar-refractivity contribution in [1.82, 2.24) is 9.62 Å². The lowest BCUT2D eigenvalue weighted by atomic mass is 10.0. The number of nitrogens with one attached hydrogen (secondary N) is 1. The maximum absolute atomic E-state index is 12.8. The number of benzene rings is 2. The molecule has 2 aromatic carbocycles. The smallest absolute Gasteiger partial charge is 0.252 e. The number of rotatable bonds is 7. The van der Waals surface area contributed by atoms with E-state index in [1.54, 1.807) is 19.2 Å². The van der Waals surface area contributed by atoms with E-state index in [1.807, 2.05) is 6.07 Å². The zero-order valence-corrected chi connectivity index (χ0v) is 18.9. The molecule has 0 bridgehead atoms. The van der Waals surface area contributed by atoms with Gasteiger partial charge in [-0.25, -0.2) is 8.42 Å². The summed E-state index contributed by atoms with van der Waals surface area (Å²) in [7, 11) is -0.460. The summed E-state index contributed by atoms with van der Waals surface area (Å²) in [6.45, 7) is 0.576. The van der Waals surface area contributed by atoms with Crippen molar-refractivity contribution < 1.29 is 22.7 Å². The highest BCUT2D eigenvalue weighted by Crippen LogP contribution is 2.33. The summed E-state index contributed by atoms with van der Waals surface area (Å²) in [6, 6.07) is 8.20. The number of nitrogens with zero attached hydrogens (tertiary/aromatic N) is 1. The van der Waals surface area contributed by atoms with Gasteiger partial charge >= 0.3 is 0 Å². The molecule has 0 aliphatic carbocycles. The van der Waals surface area contributed by atoms with Gasteiger partial charge in [-0.1, -0.05) is 23.2 Å². The molecule has 30 heavy (non-hydrogen) atoms. The third-order valence-corrected chi connectivity index (χ3v) is 7.26. The molecule has 0 radical (unpaired) electrons. The lowest BCUT2D eigenvalue weighted by Crippen LogP contribution is -2.40. The van der Waals surface area contributed by atoms with E-state index in [-0.39, 0.29) is 29.4 Å². The molecule has 7 nitrogen and oxygen atoms in total. The van der Waals surface area contributed by atoms with E-state index in [9.17, 15) is 13.2 Å². The zero-order valence-electron chi connectivity index (χ0n) is 16.6. The predicted molar refractivity (Wildman–Crippen MR) is 116 cm³/mol. The number of ether oxygens (including phenoxy) is 2. The average molecular weight is 473 g/mol. The van der Waals surface area contributed by atoms with Crippen molar-refractivity contribution in [3.8, 4) is 11.5 Å². The highest BCUT2D eigenvalue weighted by atomic mass is 35.5. The molecule has 0 atom stereocenters. The lowest BCUT2D eigenvalue weighted by molar-refractivity contribution is 0.0956. The second-order valence-corrected chi connectivity index (χ2v) is 9.69. The number of carbonyl (C=O) groups is 1. The minimum absolute atomic E-state index is 0.0323. The second-order valence-electron chi connectivity index (χ2n) is 6.76. The first-order valence-corrected chi connectivity index (χ1v) is 11.6. The molecule has 3 rings (SSSR count). The van der Waals surface area contributed by atoms with E-state index < -0.39 is 15.9 Å². The number of hydrogen-bond acceptors (Lipinski definition) is 5. The molecule has 1 N–H and O–H groups in total. The van der Waals surface area contributed by atoms with Gasteiger partial charge in [0.25, 0.3) is 5.91 Å². The van der Waals surface area contributed by atoms with Gasteiger partial charge in [0.2, 0.25) is 10.0 Å². The largest absolute Gasteiger partial charge is 0.493 e. The van der Waals surface area contributed by atoms with E-state index in [0.29, 0.717) is 29.5 Å². The fourth-order valence-corrected chi connectivity index (χ4v) is 5.10. The summed E-state index contributed by atoms with van der Waals surface area (Å²) in [6.07, 6.45) is 0.571. The van der Waals surface area contributed by atoms with Crippen LogP contribution in [-0.2, 0) is 23.0 Å². The highest BCUT2D eigenvalue weighted by Gasteiger charge is 2.28. The SMILES string of the molecule is COc1cc2c(cc1OC)CN(S(=O)(=O)CCNC(=O)c1ccc(Cl)cc1Cl)CC2. The fraction of sp³-hybridized carbons (Fsp3) is 0.350. The predicted octanol–water partition coefficient (Wildman–Crippen LogP) is 3.13. The number of sulfonamides is 1. The summed E-state index contributed by atoms with van der Waals surface area (Å²) < 4.78 is 37.6. The van der Waals surface area contributed by atoms with Crippen molar-refractivity contribution in [2.24, 2.45) is 0 Å². The third-order valence-electron chi connectivity index (χ3n) is 4.90. The summed E-state index contributed by atoms with van der Waals surface area (Å²) >= 11 is 11.8. The molecule has 1 aliphatic rings. The van der Waals surface area contributed by atoms with Crippen molar-refractivity contribution >= 4 is 39.1 Å². The molecule has 0 saturated heterocycles. The molecule has 2 aromatic rings. The molecule has 0 fully saturated rings. The van der Waals surface area contributed by atoms with Crippen LogP contribution < -0.4 is 14.8 Å². The molecule has 1 aliphatic heterocycles. The van der Waals surface area contributed by atoms with Gasteiger partial charge in [-0.15, -0.1) is 0 Å². The Labute approximate surface area is 185 Å². The van der Waals surface area contributed by atoms with Gasteiger partial charge in [0.1, 0.15) is 0 Å². The molecule has 10 heteroatoms. The van der Waals surface area contributed by atoms with Crippen LogP contribution >= 0.6 is 23.2 Å². The van der Waals surface area contributed by atoms with Crippen LogP contribution in [0.4, 0.5) is 0 Å². The Hall–Kier alpha value is -2.00. The molecular formula is C20H22Cl2N2O5S. The Morgan fingerprint density at radius 2 is 1.77 bits per heavy atom. The first-order chi connectivity index (χ1) is 14.2. The lowest BCUT2D eigenvalue weighted by Gasteiger charge is -2.29. The Bertz CT molecular complexity index is 1060. The molecular weight excluding hydrogens is 451 g/mol. The van der Waals surface area contributed by atoms with Crippen LogP contribution in [0.15, 0.2) is 30.3 Å². The Morgan fingerprint density at radius 1 is 1.10 bits per heavy atom. The van der Waals surface area contributed by atoms with E-state index in [0.717, 1.165) is 11.1 Å². The van der Waals surface area contributed by atoms with Gasteiger partial charge in [0.05, 0.1) is 30.6 Å². The van der Waals surface area contributed by atoms with Crippen LogP contribution in [-0.4, -0.2) is 51.7 Å². The van der Waals surface area contributed by atoms with Gasteiger partial charge < -0.3 is 14.8 Å². The maximum atomic E-state index is 12.8. The first-order valence-electron chi connectivity index (χ1n) is 9.20. The fourth-order valence-electron chi connectivity index (χ4n) is 3.29. The summed E-state index contributed by atoms with van der Waals surface area (Å²) in [5, 5.41) is 3.22. The quantitative estimate of drug-likeness (QED) is 0.668. The topological polar surface area (TPSA) is 84.9 Å². The first kappa shape index (κ1) is 22.7. The van der Waals surface area contributed by atoms with Crippen molar-refractivity contribution in [2.45, 2.75) is 13.0 Å². The summed E-state index contributed by atoms with van der Waals surface area (Å²) in [4.78, 5) is 12.3. The molecule has 1 amide bonds. The van der Waals surface area contributed by atoms with Crippen LogP contribution in [0.25, 0.3) is 0 Å². The van der Waals surface area contributed by atoms with Crippen LogP contribution in [0.2, 0.25) is 10.0 Å². The number of fused-ring (bicyclic) bond motifs is 1. The van der Waals surface area contributed by atoms with Gasteiger partial charge in [-0.2, -0.15) is 4.31 Å². The summed E-state index contributed by atoms with van der Waals surface area (Å²) in [5.74, 6) is 0.512. The normalized spacial score (nSPS) is 14.1. The van der Waals surface area contributed by atoms with Crippen molar-refractivity contribution in [3.05, 3.63) is 57.1 Å². The van der Waals surface area contributed by atoms with E-state index in [4.69, 9.17) is 32.7 Å². The van der Waals surface area contributed by atoms with Crippen molar-refractivity contribution in [3.63, 3.8) is 0 Å². The number of halogens is 2.